The molecule has 2 fully saturated rings. The number of aliphatic hydroxyl groups is 1. The van der Waals surface area contributed by atoms with Crippen LogP contribution in [0.2, 0.25) is 0 Å². The predicted octanol–water partition coefficient (Wildman–Crippen LogP) is 2.13. The molecule has 0 amide bonds. The van der Waals surface area contributed by atoms with Crippen molar-refractivity contribution in [2.24, 2.45) is 0 Å². The maximum Gasteiger partial charge on any atom is 0.149 e. The highest BCUT2D eigenvalue weighted by atomic mass is 16.2. The van der Waals surface area contributed by atoms with Crippen molar-refractivity contribution < 1.29 is 9.90 Å². The normalized spacial score (nSPS) is 31.7. The zero-order valence-electron chi connectivity index (χ0n) is 10.7. The molecule has 2 unspecified atom stereocenters. The van der Waals surface area contributed by atoms with E-state index in [1.165, 1.54) is 25.7 Å². The van der Waals surface area contributed by atoms with Gasteiger partial charge in [0.1, 0.15) is 5.78 Å². The second-order valence-electron chi connectivity index (χ2n) is 5.48. The van der Waals surface area contributed by atoms with Gasteiger partial charge in [0.05, 0.1) is 6.04 Å². The average molecular weight is 239 g/mol. The Kier molecular flexibility index (Phi) is 4.99. The van der Waals surface area contributed by atoms with Crippen LogP contribution in [0.25, 0.3) is 0 Å². The molecular formula is C14H25NO2. The van der Waals surface area contributed by atoms with Gasteiger partial charge in [0.15, 0.2) is 0 Å². The summed E-state index contributed by atoms with van der Waals surface area (Å²) in [5.41, 5.74) is 0. The van der Waals surface area contributed by atoms with Crippen molar-refractivity contribution in [2.75, 3.05) is 13.2 Å². The molecule has 3 heteroatoms. The fraction of sp³-hybridized carbons (Fsp3) is 0.929. The first-order valence-corrected chi connectivity index (χ1v) is 7.22. The maximum atomic E-state index is 12.1. The van der Waals surface area contributed by atoms with Crippen molar-refractivity contribution in [1.82, 2.24) is 4.90 Å². The zero-order valence-corrected chi connectivity index (χ0v) is 10.7. The highest BCUT2D eigenvalue weighted by molar-refractivity contribution is 5.84. The standard InChI is InChI=1S/C14H25NO2/c16-11-5-7-12-6-4-10-15(12)13-8-2-1-3-9-14(13)17/h12-13,16H,1-11H2. The second-order valence-corrected chi connectivity index (χ2v) is 5.48. The summed E-state index contributed by atoms with van der Waals surface area (Å²) in [7, 11) is 0. The van der Waals surface area contributed by atoms with Crippen LogP contribution in [-0.4, -0.2) is 41.0 Å². The second kappa shape index (κ2) is 6.50. The third kappa shape index (κ3) is 3.29. The first-order valence-electron chi connectivity index (χ1n) is 7.22. The van der Waals surface area contributed by atoms with Crippen LogP contribution in [0, 0.1) is 0 Å². The minimum absolute atomic E-state index is 0.198. The van der Waals surface area contributed by atoms with E-state index >= 15 is 0 Å². The fourth-order valence-corrected chi connectivity index (χ4v) is 3.40. The quantitative estimate of drug-likeness (QED) is 0.764. The first kappa shape index (κ1) is 13.0. The number of nitrogens with zero attached hydrogens (tertiary/aromatic N) is 1. The van der Waals surface area contributed by atoms with E-state index < -0.39 is 0 Å². The van der Waals surface area contributed by atoms with E-state index in [4.69, 9.17) is 5.11 Å². The van der Waals surface area contributed by atoms with E-state index in [1.54, 1.807) is 0 Å². The van der Waals surface area contributed by atoms with Gasteiger partial charge in [-0.2, -0.15) is 0 Å². The van der Waals surface area contributed by atoms with Crippen molar-refractivity contribution in [3.8, 4) is 0 Å². The molecular weight excluding hydrogens is 214 g/mol. The van der Waals surface area contributed by atoms with Crippen molar-refractivity contribution in [3.05, 3.63) is 0 Å². The molecule has 1 saturated heterocycles. The van der Waals surface area contributed by atoms with E-state index in [-0.39, 0.29) is 12.6 Å². The number of hydrogen-bond acceptors (Lipinski definition) is 3. The van der Waals surface area contributed by atoms with Gasteiger partial charge in [0, 0.05) is 19.1 Å². The maximum absolute atomic E-state index is 12.1. The Morgan fingerprint density at radius 2 is 2.06 bits per heavy atom. The first-order chi connectivity index (χ1) is 8.33. The topological polar surface area (TPSA) is 40.5 Å². The van der Waals surface area contributed by atoms with E-state index in [0.29, 0.717) is 11.8 Å². The van der Waals surface area contributed by atoms with Crippen LogP contribution in [-0.2, 0) is 4.79 Å². The van der Waals surface area contributed by atoms with Gasteiger partial charge in [-0.15, -0.1) is 0 Å². The average Bonchev–Trinajstić information content (AvgIpc) is 2.69. The third-order valence-corrected chi connectivity index (χ3v) is 4.29. The molecule has 1 aliphatic carbocycles. The van der Waals surface area contributed by atoms with Gasteiger partial charge in [-0.3, -0.25) is 9.69 Å². The smallest absolute Gasteiger partial charge is 0.149 e. The van der Waals surface area contributed by atoms with Crippen LogP contribution in [0.1, 0.15) is 57.8 Å². The highest BCUT2D eigenvalue weighted by Crippen LogP contribution is 2.28. The lowest BCUT2D eigenvalue weighted by Crippen LogP contribution is -2.43. The Morgan fingerprint density at radius 1 is 1.18 bits per heavy atom. The third-order valence-electron chi connectivity index (χ3n) is 4.29. The number of hydrogen-bond donors (Lipinski definition) is 1. The summed E-state index contributed by atoms with van der Waals surface area (Å²) in [6.07, 6.45) is 9.73. The Bertz CT molecular complexity index is 255. The summed E-state index contributed by atoms with van der Waals surface area (Å²) >= 11 is 0. The van der Waals surface area contributed by atoms with Gasteiger partial charge in [-0.05, 0) is 45.1 Å². The number of Topliss-reactive ketones (excluding diaryl/α,β-unsaturated/α-hetero) is 1. The van der Waals surface area contributed by atoms with Crippen molar-refractivity contribution in [3.63, 3.8) is 0 Å². The molecule has 2 atom stereocenters. The zero-order chi connectivity index (χ0) is 12.1. The summed E-state index contributed by atoms with van der Waals surface area (Å²) in [5.74, 6) is 0.471. The van der Waals surface area contributed by atoms with Crippen LogP contribution in [0.4, 0.5) is 0 Å². The Morgan fingerprint density at radius 3 is 2.88 bits per heavy atom. The van der Waals surface area contributed by atoms with Crippen molar-refractivity contribution in [1.29, 1.82) is 0 Å². The van der Waals surface area contributed by atoms with Gasteiger partial charge in [-0.1, -0.05) is 12.8 Å². The monoisotopic (exact) mass is 239 g/mol. The number of rotatable bonds is 4. The molecule has 1 saturated carbocycles. The lowest BCUT2D eigenvalue weighted by atomic mass is 10.0. The molecule has 2 aliphatic rings. The molecule has 0 radical (unpaired) electrons. The summed E-state index contributed by atoms with van der Waals surface area (Å²) < 4.78 is 0. The number of aliphatic hydroxyl groups excluding tert-OH is 1. The lowest BCUT2D eigenvalue weighted by Gasteiger charge is -2.31. The minimum atomic E-state index is 0.198. The number of likely N-dealkylation sites (tertiary alicyclic amines) is 1. The molecule has 1 N–H and O–H groups in total. The van der Waals surface area contributed by atoms with E-state index in [1.807, 2.05) is 0 Å². The van der Waals surface area contributed by atoms with Gasteiger partial charge in [0.25, 0.3) is 0 Å². The van der Waals surface area contributed by atoms with Crippen molar-refractivity contribution in [2.45, 2.75) is 69.9 Å². The molecule has 98 valence electrons. The molecule has 17 heavy (non-hydrogen) atoms. The number of carbonyl (C=O) groups excluding carboxylic acids is 1. The van der Waals surface area contributed by atoms with E-state index in [0.717, 1.165) is 38.6 Å². The summed E-state index contributed by atoms with van der Waals surface area (Å²) in [6.45, 7) is 1.37. The predicted molar refractivity (Wildman–Crippen MR) is 67.9 cm³/mol. The molecule has 0 aromatic heterocycles. The van der Waals surface area contributed by atoms with Gasteiger partial charge in [0.2, 0.25) is 0 Å². The largest absolute Gasteiger partial charge is 0.396 e. The molecule has 0 spiro atoms. The molecule has 0 bridgehead atoms. The Labute approximate surface area is 104 Å². The van der Waals surface area contributed by atoms with Gasteiger partial charge >= 0.3 is 0 Å². The number of carbonyl (C=O) groups is 1. The molecule has 2 rings (SSSR count). The molecule has 0 aromatic rings. The summed E-state index contributed by atoms with van der Waals surface area (Å²) in [5, 5.41) is 8.93. The Hall–Kier alpha value is -0.410. The molecule has 3 nitrogen and oxygen atoms in total. The fourth-order valence-electron chi connectivity index (χ4n) is 3.40. The van der Waals surface area contributed by atoms with Crippen LogP contribution >= 0.6 is 0 Å². The van der Waals surface area contributed by atoms with Crippen LogP contribution in [0.15, 0.2) is 0 Å². The SMILES string of the molecule is O=C1CCCCCC1N1CCCC1CCCO. The van der Waals surface area contributed by atoms with Crippen molar-refractivity contribution >= 4 is 5.78 Å². The van der Waals surface area contributed by atoms with Crippen LogP contribution < -0.4 is 0 Å². The van der Waals surface area contributed by atoms with E-state index in [9.17, 15) is 4.79 Å². The molecule has 0 aromatic carbocycles. The molecule has 1 heterocycles. The van der Waals surface area contributed by atoms with Crippen LogP contribution in [0.5, 0.6) is 0 Å². The highest BCUT2D eigenvalue weighted by Gasteiger charge is 2.34. The number of ketones is 1. The van der Waals surface area contributed by atoms with Gasteiger partial charge < -0.3 is 5.11 Å². The lowest BCUT2D eigenvalue weighted by molar-refractivity contribution is -0.124. The van der Waals surface area contributed by atoms with E-state index in [2.05, 4.69) is 4.90 Å². The summed E-state index contributed by atoms with van der Waals surface area (Å²) in [6, 6.07) is 0.748. The van der Waals surface area contributed by atoms with Crippen LogP contribution in [0.3, 0.4) is 0 Å². The molecule has 1 aliphatic heterocycles. The minimum Gasteiger partial charge on any atom is -0.396 e. The Balaban J connectivity index is 1.95. The summed E-state index contributed by atoms with van der Waals surface area (Å²) in [4.78, 5) is 14.6. The van der Waals surface area contributed by atoms with Gasteiger partial charge in [-0.25, -0.2) is 0 Å².